The van der Waals surface area contributed by atoms with E-state index in [1.807, 2.05) is 0 Å². The lowest BCUT2D eigenvalue weighted by Gasteiger charge is -2.16. The van der Waals surface area contributed by atoms with Gasteiger partial charge in [-0.2, -0.15) is 0 Å². The molecule has 0 fully saturated rings. The van der Waals surface area contributed by atoms with Crippen molar-refractivity contribution in [2.75, 3.05) is 6.61 Å². The average Bonchev–Trinajstić information content (AvgIpc) is 2.42. The number of carbonyl (C=O) groups is 2. The average molecular weight is 303 g/mol. The number of hydrogen-bond acceptors (Lipinski definition) is 4. The highest BCUT2D eigenvalue weighted by Gasteiger charge is 2.23. The first-order valence-corrected chi connectivity index (χ1v) is 6.96. The number of halogens is 1. The molecule has 0 unspecified atom stereocenters. The third kappa shape index (κ3) is 3.47. The van der Waals surface area contributed by atoms with E-state index in [0.717, 1.165) is 0 Å². The first kappa shape index (κ1) is 16.1. The number of pyridine rings is 1. The van der Waals surface area contributed by atoms with Gasteiger partial charge in [-0.25, -0.2) is 9.18 Å². The molecule has 4 nitrogen and oxygen atoms in total. The van der Waals surface area contributed by atoms with Gasteiger partial charge >= 0.3 is 5.97 Å². The molecule has 116 valence electrons. The maximum atomic E-state index is 13.2. The molecule has 0 spiro atoms. The molecule has 2 aromatic rings. The van der Waals surface area contributed by atoms with Crippen LogP contribution in [0.3, 0.4) is 0 Å². The van der Waals surface area contributed by atoms with Gasteiger partial charge in [-0.3, -0.25) is 9.78 Å². The SMILES string of the molecule is Cc1nc2cc(F)ccc2cc1C(=O)OCC(=O)C(C)(C)C. The predicted octanol–water partition coefficient (Wildman–Crippen LogP) is 3.45. The molecule has 1 heterocycles. The molecule has 1 aromatic heterocycles. The van der Waals surface area contributed by atoms with Gasteiger partial charge in [0.1, 0.15) is 5.82 Å². The third-order valence-electron chi connectivity index (χ3n) is 3.36. The Kier molecular flexibility index (Phi) is 4.26. The van der Waals surface area contributed by atoms with Crippen LogP contribution in [-0.4, -0.2) is 23.3 Å². The first-order chi connectivity index (χ1) is 10.2. The van der Waals surface area contributed by atoms with Gasteiger partial charge in [-0.15, -0.1) is 0 Å². The van der Waals surface area contributed by atoms with E-state index in [-0.39, 0.29) is 23.8 Å². The summed E-state index contributed by atoms with van der Waals surface area (Å²) in [6.45, 7) is 6.66. The molecule has 22 heavy (non-hydrogen) atoms. The molecule has 0 saturated carbocycles. The summed E-state index contributed by atoms with van der Waals surface area (Å²) < 4.78 is 18.2. The van der Waals surface area contributed by atoms with E-state index in [4.69, 9.17) is 4.74 Å². The fourth-order valence-electron chi connectivity index (χ4n) is 1.87. The fourth-order valence-corrected chi connectivity index (χ4v) is 1.87. The molecule has 5 heteroatoms. The van der Waals surface area contributed by atoms with Gasteiger partial charge in [0, 0.05) is 16.9 Å². The van der Waals surface area contributed by atoms with E-state index >= 15 is 0 Å². The van der Waals surface area contributed by atoms with Crippen LogP contribution in [0, 0.1) is 18.2 Å². The highest BCUT2D eigenvalue weighted by molar-refractivity contribution is 5.96. The zero-order valence-corrected chi connectivity index (χ0v) is 13.1. The largest absolute Gasteiger partial charge is 0.454 e. The van der Waals surface area contributed by atoms with Gasteiger partial charge in [0.2, 0.25) is 0 Å². The van der Waals surface area contributed by atoms with Crippen LogP contribution in [0.5, 0.6) is 0 Å². The topological polar surface area (TPSA) is 56.3 Å². The first-order valence-electron chi connectivity index (χ1n) is 6.96. The van der Waals surface area contributed by atoms with Crippen molar-refractivity contribution in [3.05, 3.63) is 41.3 Å². The Morgan fingerprint density at radius 3 is 2.55 bits per heavy atom. The lowest BCUT2D eigenvalue weighted by atomic mass is 9.91. The van der Waals surface area contributed by atoms with Crippen molar-refractivity contribution in [1.82, 2.24) is 4.98 Å². The van der Waals surface area contributed by atoms with Crippen LogP contribution in [0.4, 0.5) is 4.39 Å². The molecule has 0 aliphatic carbocycles. The van der Waals surface area contributed by atoms with Gasteiger partial charge in [0.25, 0.3) is 0 Å². The van der Waals surface area contributed by atoms with Crippen molar-refractivity contribution in [1.29, 1.82) is 0 Å². The van der Waals surface area contributed by atoms with E-state index in [0.29, 0.717) is 16.6 Å². The quantitative estimate of drug-likeness (QED) is 0.815. The molecule has 2 rings (SSSR count). The summed E-state index contributed by atoms with van der Waals surface area (Å²) in [6.07, 6.45) is 0. The van der Waals surface area contributed by atoms with Crippen LogP contribution >= 0.6 is 0 Å². The summed E-state index contributed by atoms with van der Waals surface area (Å²) in [6, 6.07) is 5.76. The Morgan fingerprint density at radius 1 is 1.23 bits per heavy atom. The number of hydrogen-bond donors (Lipinski definition) is 0. The molecule has 0 bridgehead atoms. The number of benzene rings is 1. The van der Waals surface area contributed by atoms with Crippen LogP contribution in [0.1, 0.15) is 36.8 Å². The minimum atomic E-state index is -0.603. The van der Waals surface area contributed by atoms with Crippen LogP contribution < -0.4 is 0 Å². The minimum Gasteiger partial charge on any atom is -0.454 e. The second-order valence-corrected chi connectivity index (χ2v) is 6.21. The number of rotatable bonds is 3. The molecule has 0 atom stereocenters. The number of aromatic nitrogens is 1. The zero-order valence-electron chi connectivity index (χ0n) is 13.1. The molecule has 0 aliphatic rings. The van der Waals surface area contributed by atoms with Crippen molar-refractivity contribution in [2.24, 2.45) is 5.41 Å². The smallest absolute Gasteiger partial charge is 0.340 e. The van der Waals surface area contributed by atoms with Crippen molar-refractivity contribution >= 4 is 22.7 Å². The Morgan fingerprint density at radius 2 is 1.91 bits per heavy atom. The van der Waals surface area contributed by atoms with E-state index in [1.54, 1.807) is 39.8 Å². The second-order valence-electron chi connectivity index (χ2n) is 6.21. The highest BCUT2D eigenvalue weighted by atomic mass is 19.1. The van der Waals surface area contributed by atoms with E-state index in [9.17, 15) is 14.0 Å². The van der Waals surface area contributed by atoms with Crippen LogP contribution in [0.2, 0.25) is 0 Å². The molecular formula is C17H18FNO3. The second kappa shape index (κ2) is 5.83. The number of fused-ring (bicyclic) bond motifs is 1. The molecule has 0 saturated heterocycles. The summed E-state index contributed by atoms with van der Waals surface area (Å²) in [5.74, 6) is -1.14. The number of ketones is 1. The maximum absolute atomic E-state index is 13.2. The van der Waals surface area contributed by atoms with Crippen molar-refractivity contribution < 1.29 is 18.7 Å². The maximum Gasteiger partial charge on any atom is 0.340 e. The lowest BCUT2D eigenvalue weighted by molar-refractivity contribution is -0.129. The van der Waals surface area contributed by atoms with Crippen LogP contribution in [0.25, 0.3) is 10.9 Å². The van der Waals surface area contributed by atoms with Crippen LogP contribution in [-0.2, 0) is 9.53 Å². The Balaban J connectivity index is 2.23. The third-order valence-corrected chi connectivity index (χ3v) is 3.36. The summed E-state index contributed by atoms with van der Waals surface area (Å²) in [4.78, 5) is 28.1. The van der Waals surface area contributed by atoms with E-state index in [2.05, 4.69) is 4.98 Å². The fraction of sp³-hybridized carbons (Fsp3) is 0.353. The molecule has 0 radical (unpaired) electrons. The molecule has 0 N–H and O–H groups in total. The van der Waals surface area contributed by atoms with Gasteiger partial charge in [0.05, 0.1) is 16.8 Å². The summed E-state index contributed by atoms with van der Waals surface area (Å²) in [5, 5.41) is 0.640. The standard InChI is InChI=1S/C17H18FNO3/c1-10-13(16(21)22-9-15(20)17(2,3)4)7-11-5-6-12(18)8-14(11)19-10/h5-8H,9H2,1-4H3. The molecule has 0 amide bonds. The Bertz CT molecular complexity index is 747. The summed E-state index contributed by atoms with van der Waals surface area (Å²) >= 11 is 0. The van der Waals surface area contributed by atoms with E-state index in [1.165, 1.54) is 12.1 Å². The predicted molar refractivity (Wildman–Crippen MR) is 81.2 cm³/mol. The van der Waals surface area contributed by atoms with Crippen LogP contribution in [0.15, 0.2) is 24.3 Å². The van der Waals surface area contributed by atoms with Gasteiger partial charge < -0.3 is 4.74 Å². The van der Waals surface area contributed by atoms with Crippen molar-refractivity contribution in [3.63, 3.8) is 0 Å². The Hall–Kier alpha value is -2.30. The monoisotopic (exact) mass is 303 g/mol. The van der Waals surface area contributed by atoms with E-state index < -0.39 is 11.4 Å². The van der Waals surface area contributed by atoms with Crippen molar-refractivity contribution in [3.8, 4) is 0 Å². The zero-order chi connectivity index (χ0) is 16.5. The van der Waals surface area contributed by atoms with Gasteiger partial charge in [0.15, 0.2) is 12.4 Å². The number of carbonyl (C=O) groups excluding carboxylic acids is 2. The number of ether oxygens (including phenoxy) is 1. The normalized spacial score (nSPS) is 11.5. The van der Waals surface area contributed by atoms with Gasteiger partial charge in [-0.1, -0.05) is 20.8 Å². The number of Topliss-reactive ketones (excluding diaryl/α,β-unsaturated/α-hetero) is 1. The summed E-state index contributed by atoms with van der Waals surface area (Å²) in [7, 11) is 0. The molecular weight excluding hydrogens is 285 g/mol. The van der Waals surface area contributed by atoms with Crippen molar-refractivity contribution in [2.45, 2.75) is 27.7 Å². The number of nitrogens with zero attached hydrogens (tertiary/aromatic N) is 1. The molecule has 0 aliphatic heterocycles. The molecule has 1 aromatic carbocycles. The lowest BCUT2D eigenvalue weighted by Crippen LogP contribution is -2.26. The summed E-state index contributed by atoms with van der Waals surface area (Å²) in [5.41, 5.74) is 0.626. The number of esters is 1. The number of aryl methyl sites for hydroxylation is 1. The highest BCUT2D eigenvalue weighted by Crippen LogP contribution is 2.19. The van der Waals surface area contributed by atoms with Gasteiger partial charge in [-0.05, 0) is 25.1 Å². The minimum absolute atomic E-state index is 0.158. The Labute approximate surface area is 128 Å².